The third-order valence-electron chi connectivity index (χ3n) is 2.32. The first-order valence-corrected chi connectivity index (χ1v) is 5.19. The average molecular weight is 244 g/mol. The van der Waals surface area contributed by atoms with Crippen LogP contribution in [0.15, 0.2) is 48.8 Å². The van der Waals surface area contributed by atoms with E-state index >= 15 is 0 Å². The summed E-state index contributed by atoms with van der Waals surface area (Å²) in [6.07, 6.45) is 3.30. The van der Waals surface area contributed by atoms with Crippen LogP contribution in [0.2, 0.25) is 0 Å². The van der Waals surface area contributed by atoms with Crippen molar-refractivity contribution in [3.8, 4) is 0 Å². The van der Waals surface area contributed by atoms with E-state index in [0.29, 0.717) is 5.69 Å². The molecular weight excluding hydrogens is 234 g/mol. The maximum Gasteiger partial charge on any atom is 0.282 e. The maximum atomic E-state index is 11.9. The summed E-state index contributed by atoms with van der Waals surface area (Å²) in [5, 5.41) is 13.4. The molecule has 2 rings (SSSR count). The van der Waals surface area contributed by atoms with Crippen LogP contribution in [-0.4, -0.2) is 10.8 Å². The number of aromatic nitrogens is 1. The number of benzene rings is 1. The quantitative estimate of drug-likeness (QED) is 0.658. The molecule has 2 aromatic rings. The molecule has 0 saturated carbocycles. The zero-order valence-corrected chi connectivity index (χ0v) is 9.29. The molecule has 0 atom stereocenters. The number of nitrogens with one attached hydrogen (secondary N) is 2. The highest BCUT2D eigenvalue weighted by Crippen LogP contribution is 2.18. The number of para-hydroxylation sites is 1. The summed E-state index contributed by atoms with van der Waals surface area (Å²) in [7, 11) is 0. The first kappa shape index (κ1) is 11.7. The number of hydrogen-bond acceptors (Lipinski definition) is 3. The molecular formula is C12H10N3O3+. The Kier molecular flexibility index (Phi) is 3.29. The summed E-state index contributed by atoms with van der Waals surface area (Å²) in [6.45, 7) is 0. The lowest BCUT2D eigenvalue weighted by Crippen LogP contribution is -2.14. The van der Waals surface area contributed by atoms with Crippen LogP contribution in [0.4, 0.5) is 11.4 Å². The van der Waals surface area contributed by atoms with E-state index in [1.807, 2.05) is 0 Å². The van der Waals surface area contributed by atoms with Crippen molar-refractivity contribution in [3.63, 3.8) is 0 Å². The van der Waals surface area contributed by atoms with Crippen molar-refractivity contribution in [2.45, 2.75) is 0 Å². The number of H-pyrrole nitrogens is 1. The summed E-state index contributed by atoms with van der Waals surface area (Å²) in [5.41, 5.74) is 0.393. The molecule has 1 amide bonds. The fourth-order valence-electron chi connectivity index (χ4n) is 1.49. The number of carbonyl (C=O) groups excluding carboxylic acids is 1. The smallest absolute Gasteiger partial charge is 0.282 e. The Morgan fingerprint density at radius 3 is 2.50 bits per heavy atom. The zero-order valence-electron chi connectivity index (χ0n) is 9.29. The normalized spacial score (nSPS) is 9.78. The van der Waals surface area contributed by atoms with E-state index in [1.54, 1.807) is 30.6 Å². The number of pyridine rings is 1. The zero-order chi connectivity index (χ0) is 13.0. The van der Waals surface area contributed by atoms with Gasteiger partial charge in [-0.05, 0) is 6.07 Å². The van der Waals surface area contributed by atoms with Gasteiger partial charge in [-0.2, -0.15) is 0 Å². The number of carbonyl (C=O) groups is 1. The monoisotopic (exact) mass is 244 g/mol. The predicted octanol–water partition coefficient (Wildman–Crippen LogP) is 1.66. The van der Waals surface area contributed by atoms with E-state index in [9.17, 15) is 14.9 Å². The Morgan fingerprint density at radius 2 is 1.83 bits per heavy atom. The lowest BCUT2D eigenvalue weighted by molar-refractivity contribution is -0.385. The van der Waals surface area contributed by atoms with Gasteiger partial charge in [0.05, 0.1) is 10.6 Å². The van der Waals surface area contributed by atoms with Crippen molar-refractivity contribution in [3.05, 3.63) is 64.5 Å². The van der Waals surface area contributed by atoms with Crippen LogP contribution in [0.5, 0.6) is 0 Å². The van der Waals surface area contributed by atoms with Gasteiger partial charge >= 0.3 is 0 Å². The van der Waals surface area contributed by atoms with E-state index in [-0.39, 0.29) is 11.3 Å². The maximum absolute atomic E-state index is 11.9. The minimum absolute atomic E-state index is 0.0373. The van der Waals surface area contributed by atoms with Crippen molar-refractivity contribution in [2.75, 3.05) is 5.32 Å². The number of anilines is 1. The molecule has 90 valence electrons. The van der Waals surface area contributed by atoms with Gasteiger partial charge in [0.1, 0.15) is 5.56 Å². The van der Waals surface area contributed by atoms with Crippen molar-refractivity contribution in [1.29, 1.82) is 0 Å². The van der Waals surface area contributed by atoms with Crippen LogP contribution >= 0.6 is 0 Å². The van der Waals surface area contributed by atoms with Crippen molar-refractivity contribution in [2.24, 2.45) is 0 Å². The van der Waals surface area contributed by atoms with E-state index in [2.05, 4.69) is 10.3 Å². The second-order valence-electron chi connectivity index (χ2n) is 3.52. The molecule has 1 aromatic carbocycles. The van der Waals surface area contributed by atoms with Gasteiger partial charge < -0.3 is 5.32 Å². The van der Waals surface area contributed by atoms with Crippen molar-refractivity contribution in [1.82, 2.24) is 0 Å². The molecule has 0 radical (unpaired) electrons. The first-order chi connectivity index (χ1) is 8.68. The Balaban J connectivity index is 2.27. The highest BCUT2D eigenvalue weighted by atomic mass is 16.6. The Bertz CT molecular complexity index is 584. The van der Waals surface area contributed by atoms with E-state index in [0.717, 1.165) is 0 Å². The van der Waals surface area contributed by atoms with Gasteiger partial charge in [-0.25, -0.2) is 4.98 Å². The van der Waals surface area contributed by atoms with Gasteiger partial charge in [0.15, 0.2) is 12.4 Å². The third kappa shape index (κ3) is 2.49. The van der Waals surface area contributed by atoms with Gasteiger partial charge in [0.25, 0.3) is 11.6 Å². The molecule has 6 nitrogen and oxygen atoms in total. The largest absolute Gasteiger partial charge is 0.321 e. The van der Waals surface area contributed by atoms with Gasteiger partial charge in [0, 0.05) is 18.2 Å². The lowest BCUT2D eigenvalue weighted by Gasteiger charge is -2.04. The third-order valence-corrected chi connectivity index (χ3v) is 2.32. The molecule has 1 heterocycles. The summed E-state index contributed by atoms with van der Waals surface area (Å²) in [5.74, 6) is -0.506. The van der Waals surface area contributed by atoms with Gasteiger partial charge in [0.2, 0.25) is 0 Å². The highest BCUT2D eigenvalue weighted by Gasteiger charge is 2.19. The molecule has 6 heteroatoms. The molecule has 0 fully saturated rings. The van der Waals surface area contributed by atoms with Crippen LogP contribution in [0.1, 0.15) is 10.4 Å². The van der Waals surface area contributed by atoms with Crippen LogP contribution in [0.3, 0.4) is 0 Å². The number of hydrogen-bond donors (Lipinski definition) is 1. The summed E-state index contributed by atoms with van der Waals surface area (Å²) >= 11 is 0. The van der Waals surface area contributed by atoms with E-state index in [1.165, 1.54) is 18.2 Å². The summed E-state index contributed by atoms with van der Waals surface area (Å²) in [6, 6.07) is 9.14. The standard InChI is InChI=1S/C12H9N3O3/c16-12(14-9-5-7-13-8-6-9)10-3-1-2-4-11(10)15(17)18/h1-8H,(H,13,14,16)/p+1. The molecule has 0 aliphatic heterocycles. The average Bonchev–Trinajstić information content (AvgIpc) is 2.40. The van der Waals surface area contributed by atoms with Crippen LogP contribution in [0.25, 0.3) is 0 Å². The van der Waals surface area contributed by atoms with Crippen LogP contribution < -0.4 is 10.3 Å². The van der Waals surface area contributed by atoms with Crippen LogP contribution in [0, 0.1) is 10.1 Å². The minimum Gasteiger partial charge on any atom is -0.321 e. The molecule has 0 spiro atoms. The SMILES string of the molecule is O=C(Nc1cc[nH+]cc1)c1ccccc1[N+](=O)[O-]. The Hall–Kier alpha value is -2.76. The Labute approximate surface area is 102 Å². The predicted molar refractivity (Wildman–Crippen MR) is 64.0 cm³/mol. The number of nitro groups is 1. The number of rotatable bonds is 3. The number of nitrogens with zero attached hydrogens (tertiary/aromatic N) is 1. The lowest BCUT2D eigenvalue weighted by atomic mass is 10.1. The number of nitro benzene ring substituents is 1. The molecule has 18 heavy (non-hydrogen) atoms. The van der Waals surface area contributed by atoms with Crippen LogP contribution in [-0.2, 0) is 0 Å². The van der Waals surface area contributed by atoms with Gasteiger partial charge in [-0.3, -0.25) is 14.9 Å². The molecule has 0 unspecified atom stereocenters. The van der Waals surface area contributed by atoms with Gasteiger partial charge in [-0.1, -0.05) is 12.1 Å². The number of amides is 1. The highest BCUT2D eigenvalue weighted by molar-refractivity contribution is 6.06. The van der Waals surface area contributed by atoms with E-state index in [4.69, 9.17) is 0 Å². The van der Waals surface area contributed by atoms with Crippen molar-refractivity contribution < 1.29 is 14.7 Å². The summed E-state index contributed by atoms with van der Waals surface area (Å²) < 4.78 is 0. The first-order valence-electron chi connectivity index (χ1n) is 5.19. The van der Waals surface area contributed by atoms with E-state index < -0.39 is 10.8 Å². The molecule has 2 N–H and O–H groups in total. The minimum atomic E-state index is -0.576. The van der Waals surface area contributed by atoms with Gasteiger partial charge in [-0.15, -0.1) is 0 Å². The molecule has 0 saturated heterocycles. The second-order valence-corrected chi connectivity index (χ2v) is 3.52. The molecule has 0 aliphatic carbocycles. The second kappa shape index (κ2) is 5.05. The molecule has 0 aliphatic rings. The fraction of sp³-hybridized carbons (Fsp3) is 0. The fourth-order valence-corrected chi connectivity index (χ4v) is 1.49. The summed E-state index contributed by atoms with van der Waals surface area (Å²) in [4.78, 5) is 25.0. The Morgan fingerprint density at radius 1 is 1.17 bits per heavy atom. The number of aromatic amines is 1. The van der Waals surface area contributed by atoms with Crippen molar-refractivity contribution >= 4 is 17.3 Å². The topological polar surface area (TPSA) is 86.4 Å². The molecule has 1 aromatic heterocycles. The molecule has 0 bridgehead atoms.